The van der Waals surface area contributed by atoms with Gasteiger partial charge in [-0.1, -0.05) is 24.3 Å². The third kappa shape index (κ3) is 2.16. The van der Waals surface area contributed by atoms with Crippen LogP contribution in [-0.4, -0.2) is 23.0 Å². The molecule has 20 heavy (non-hydrogen) atoms. The largest absolute Gasteiger partial charge is 0.465 e. The molecule has 0 saturated heterocycles. The number of methoxy groups -OCH3 is 1. The van der Waals surface area contributed by atoms with Crippen molar-refractivity contribution in [2.24, 2.45) is 0 Å². The summed E-state index contributed by atoms with van der Waals surface area (Å²) in [6, 6.07) is 11.8. The van der Waals surface area contributed by atoms with Gasteiger partial charge >= 0.3 is 5.97 Å². The number of hydrogen-bond donors (Lipinski definition) is 0. The molecule has 0 N–H and O–H groups in total. The number of carbonyl (C=O) groups excluding carboxylic acids is 1. The number of esters is 1. The van der Waals surface area contributed by atoms with Crippen molar-refractivity contribution in [3.63, 3.8) is 0 Å². The highest BCUT2D eigenvalue weighted by atomic mass is 32.1. The number of aryl methyl sites for hydroxylation is 1. The molecular weight excluding hydrogens is 272 g/mol. The van der Waals surface area contributed by atoms with E-state index in [-0.39, 0.29) is 5.97 Å². The maximum Gasteiger partial charge on any atom is 0.349 e. The minimum absolute atomic E-state index is 0.355. The molecule has 0 unspecified atom stereocenters. The molecule has 0 saturated carbocycles. The maximum atomic E-state index is 11.6. The van der Waals surface area contributed by atoms with E-state index in [0.29, 0.717) is 10.6 Å². The summed E-state index contributed by atoms with van der Waals surface area (Å²) < 4.78 is 4.75. The Morgan fingerprint density at radius 3 is 2.75 bits per heavy atom. The van der Waals surface area contributed by atoms with E-state index in [1.54, 1.807) is 6.92 Å². The van der Waals surface area contributed by atoms with E-state index in [9.17, 15) is 4.79 Å². The SMILES string of the molecule is COC(=O)c1sc(-c2ccc3ccccc3n2)nc1C. The number of nitrogens with zero attached hydrogens (tertiary/aromatic N) is 2. The Morgan fingerprint density at radius 2 is 1.95 bits per heavy atom. The van der Waals surface area contributed by atoms with Gasteiger partial charge in [0.25, 0.3) is 0 Å². The number of rotatable bonds is 2. The number of pyridine rings is 1. The standard InChI is InChI=1S/C15H12N2O2S/c1-9-13(15(18)19-2)20-14(16-9)12-8-7-10-5-3-4-6-11(10)17-12/h3-8H,1-2H3. The molecule has 0 atom stereocenters. The van der Waals surface area contributed by atoms with Crippen LogP contribution in [0.25, 0.3) is 21.6 Å². The smallest absolute Gasteiger partial charge is 0.349 e. The zero-order valence-electron chi connectivity index (χ0n) is 11.1. The van der Waals surface area contributed by atoms with Gasteiger partial charge in [0.15, 0.2) is 0 Å². The first-order valence-electron chi connectivity index (χ1n) is 6.11. The molecule has 3 rings (SSSR count). The number of hydrogen-bond acceptors (Lipinski definition) is 5. The molecule has 2 aromatic heterocycles. The third-order valence-electron chi connectivity index (χ3n) is 2.98. The van der Waals surface area contributed by atoms with Crippen molar-refractivity contribution in [1.29, 1.82) is 0 Å². The normalized spacial score (nSPS) is 10.7. The van der Waals surface area contributed by atoms with Crippen molar-refractivity contribution >= 4 is 28.2 Å². The second kappa shape index (κ2) is 5.02. The molecule has 1 aromatic carbocycles. The Kier molecular flexibility index (Phi) is 3.20. The highest BCUT2D eigenvalue weighted by Gasteiger charge is 2.17. The Hall–Kier alpha value is -2.27. The monoisotopic (exact) mass is 284 g/mol. The second-order valence-electron chi connectivity index (χ2n) is 4.31. The predicted molar refractivity (Wildman–Crippen MR) is 78.9 cm³/mol. The van der Waals surface area contributed by atoms with Crippen molar-refractivity contribution in [2.75, 3.05) is 7.11 Å². The van der Waals surface area contributed by atoms with Crippen LogP contribution in [0.2, 0.25) is 0 Å². The molecule has 0 fully saturated rings. The van der Waals surface area contributed by atoms with Gasteiger partial charge in [-0.15, -0.1) is 11.3 Å². The van der Waals surface area contributed by atoms with Gasteiger partial charge in [-0.05, 0) is 19.1 Å². The molecule has 0 aliphatic rings. The Morgan fingerprint density at radius 1 is 1.15 bits per heavy atom. The Balaban J connectivity index is 2.09. The molecule has 0 aliphatic carbocycles. The van der Waals surface area contributed by atoms with Gasteiger partial charge in [0.1, 0.15) is 9.88 Å². The number of fused-ring (bicyclic) bond motifs is 1. The number of ether oxygens (including phenoxy) is 1. The summed E-state index contributed by atoms with van der Waals surface area (Å²) in [5.74, 6) is -0.355. The number of benzene rings is 1. The van der Waals surface area contributed by atoms with Crippen LogP contribution >= 0.6 is 11.3 Å². The van der Waals surface area contributed by atoms with E-state index in [1.165, 1.54) is 18.4 Å². The topological polar surface area (TPSA) is 52.1 Å². The van der Waals surface area contributed by atoms with Crippen molar-refractivity contribution in [1.82, 2.24) is 9.97 Å². The molecule has 4 nitrogen and oxygen atoms in total. The van der Waals surface area contributed by atoms with E-state index in [4.69, 9.17) is 4.74 Å². The van der Waals surface area contributed by atoms with Gasteiger partial charge in [-0.3, -0.25) is 0 Å². The highest BCUT2D eigenvalue weighted by molar-refractivity contribution is 7.17. The number of carbonyl (C=O) groups is 1. The number of aromatic nitrogens is 2. The molecule has 0 bridgehead atoms. The summed E-state index contributed by atoms with van der Waals surface area (Å²) in [5.41, 5.74) is 2.36. The fourth-order valence-corrected chi connectivity index (χ4v) is 2.93. The van der Waals surface area contributed by atoms with E-state index >= 15 is 0 Å². The number of thiazole rings is 1. The summed E-state index contributed by atoms with van der Waals surface area (Å²) in [7, 11) is 1.37. The van der Waals surface area contributed by atoms with Gasteiger partial charge in [-0.25, -0.2) is 14.8 Å². The molecule has 100 valence electrons. The summed E-state index contributed by atoms with van der Waals surface area (Å²) in [4.78, 5) is 21.1. The fourth-order valence-electron chi connectivity index (χ4n) is 1.97. The van der Waals surface area contributed by atoms with Crippen molar-refractivity contribution < 1.29 is 9.53 Å². The molecule has 0 radical (unpaired) electrons. The molecule has 0 spiro atoms. The maximum absolute atomic E-state index is 11.6. The second-order valence-corrected chi connectivity index (χ2v) is 5.31. The average Bonchev–Trinajstić information content (AvgIpc) is 2.88. The number of para-hydroxylation sites is 1. The summed E-state index contributed by atoms with van der Waals surface area (Å²) in [5, 5.41) is 1.81. The van der Waals surface area contributed by atoms with Crippen LogP contribution < -0.4 is 0 Å². The molecule has 3 aromatic rings. The zero-order chi connectivity index (χ0) is 14.1. The first kappa shape index (κ1) is 12.7. The molecule has 2 heterocycles. The minimum Gasteiger partial charge on any atom is -0.465 e. The van der Waals surface area contributed by atoms with Gasteiger partial charge in [0, 0.05) is 5.39 Å². The lowest BCUT2D eigenvalue weighted by Gasteiger charge is -1.99. The molecule has 5 heteroatoms. The lowest BCUT2D eigenvalue weighted by atomic mass is 10.2. The van der Waals surface area contributed by atoms with E-state index in [1.807, 2.05) is 36.4 Å². The molecular formula is C15H12N2O2S. The van der Waals surface area contributed by atoms with Crippen LogP contribution in [0.5, 0.6) is 0 Å². The first-order valence-corrected chi connectivity index (χ1v) is 6.92. The van der Waals surface area contributed by atoms with Gasteiger partial charge in [0.2, 0.25) is 0 Å². The fraction of sp³-hybridized carbons (Fsp3) is 0.133. The van der Waals surface area contributed by atoms with Crippen LogP contribution in [0.3, 0.4) is 0 Å². The van der Waals surface area contributed by atoms with Crippen LogP contribution in [0.4, 0.5) is 0 Å². The van der Waals surface area contributed by atoms with Crippen molar-refractivity contribution in [2.45, 2.75) is 6.92 Å². The third-order valence-corrected chi connectivity index (χ3v) is 4.14. The highest BCUT2D eigenvalue weighted by Crippen LogP contribution is 2.28. The van der Waals surface area contributed by atoms with Gasteiger partial charge in [-0.2, -0.15) is 0 Å². The Bertz CT molecular complexity index is 795. The zero-order valence-corrected chi connectivity index (χ0v) is 11.9. The molecule has 0 aliphatic heterocycles. The van der Waals surface area contributed by atoms with E-state index in [2.05, 4.69) is 9.97 Å². The Labute approximate surface area is 120 Å². The quantitative estimate of drug-likeness (QED) is 0.676. The average molecular weight is 284 g/mol. The summed E-state index contributed by atoms with van der Waals surface area (Å²) in [6.45, 7) is 1.80. The van der Waals surface area contributed by atoms with Gasteiger partial charge in [0.05, 0.1) is 24.0 Å². The first-order chi connectivity index (χ1) is 9.69. The van der Waals surface area contributed by atoms with Crippen LogP contribution in [0.1, 0.15) is 15.4 Å². The van der Waals surface area contributed by atoms with Gasteiger partial charge < -0.3 is 4.74 Å². The van der Waals surface area contributed by atoms with Crippen LogP contribution in [0.15, 0.2) is 36.4 Å². The van der Waals surface area contributed by atoms with Crippen LogP contribution in [-0.2, 0) is 4.74 Å². The van der Waals surface area contributed by atoms with E-state index < -0.39 is 0 Å². The van der Waals surface area contributed by atoms with Crippen molar-refractivity contribution in [3.8, 4) is 10.7 Å². The predicted octanol–water partition coefficient (Wildman–Crippen LogP) is 3.45. The lowest BCUT2D eigenvalue weighted by molar-refractivity contribution is 0.0605. The van der Waals surface area contributed by atoms with Crippen LogP contribution in [0, 0.1) is 6.92 Å². The van der Waals surface area contributed by atoms with E-state index in [0.717, 1.165) is 21.6 Å². The molecule has 0 amide bonds. The minimum atomic E-state index is -0.355. The lowest BCUT2D eigenvalue weighted by Crippen LogP contribution is -1.99. The van der Waals surface area contributed by atoms with Crippen molar-refractivity contribution in [3.05, 3.63) is 47.0 Å². The summed E-state index contributed by atoms with van der Waals surface area (Å²) in [6.07, 6.45) is 0. The summed E-state index contributed by atoms with van der Waals surface area (Å²) >= 11 is 1.31.